The molecule has 0 atom stereocenters. The largest absolute Gasteiger partial charge is 0.441 e. The van der Waals surface area contributed by atoms with Gasteiger partial charge in [-0.15, -0.1) is 13.0 Å². The van der Waals surface area contributed by atoms with Crippen LogP contribution in [0.15, 0.2) is 65.6 Å². The Labute approximate surface area is 159 Å². The van der Waals surface area contributed by atoms with E-state index in [1.165, 1.54) is 5.56 Å². The average molecular weight is 358 g/mol. The second-order valence-corrected chi connectivity index (χ2v) is 6.31. The molecule has 3 aromatic rings. The quantitative estimate of drug-likeness (QED) is 0.446. The van der Waals surface area contributed by atoms with Crippen LogP contribution in [0.25, 0.3) is 11.1 Å². The van der Waals surface area contributed by atoms with Crippen molar-refractivity contribution in [2.45, 2.75) is 19.3 Å². The lowest BCUT2D eigenvalue weighted by atomic mass is 10.1. The van der Waals surface area contributed by atoms with Crippen LogP contribution in [0.1, 0.15) is 28.2 Å². The van der Waals surface area contributed by atoms with Gasteiger partial charge in [-0.1, -0.05) is 42.3 Å². The van der Waals surface area contributed by atoms with Gasteiger partial charge in [-0.25, -0.2) is 4.98 Å². The summed E-state index contributed by atoms with van der Waals surface area (Å²) in [6, 6.07) is 15.6. The number of nitrogens with zero attached hydrogens (tertiary/aromatic N) is 2. The molecule has 0 aliphatic rings. The van der Waals surface area contributed by atoms with E-state index in [1.807, 2.05) is 18.2 Å². The Bertz CT molecular complexity index is 967. The first-order chi connectivity index (χ1) is 13.2. The first kappa shape index (κ1) is 18.5. The van der Waals surface area contributed by atoms with Crippen molar-refractivity contribution in [3.05, 3.63) is 78.2 Å². The molecule has 0 radical (unpaired) electrons. The standard InChI is InChI=1S/C23H22N2O2/c1-3-15-25(16-4-2)23(26)19-13-14-21-20(17-19)24-22(27-21)12-8-11-18-9-6-5-7-10-18/h1,4-7,9-10,13-14,17H,2,8,11-12,15-16H2. The van der Waals surface area contributed by atoms with Crippen LogP contribution in [0.3, 0.4) is 0 Å². The predicted molar refractivity (Wildman–Crippen MR) is 107 cm³/mol. The SMILES string of the molecule is C#CCN(CC=C)C(=O)c1ccc2oc(CCCc3ccccc3)nc2c1. The van der Waals surface area contributed by atoms with E-state index in [1.54, 1.807) is 29.2 Å². The Kier molecular flexibility index (Phi) is 6.06. The number of amides is 1. The Morgan fingerprint density at radius 1 is 1.22 bits per heavy atom. The molecular formula is C23H22N2O2. The highest BCUT2D eigenvalue weighted by molar-refractivity contribution is 5.97. The number of carbonyl (C=O) groups is 1. The molecule has 4 heteroatoms. The minimum absolute atomic E-state index is 0.136. The van der Waals surface area contributed by atoms with Crippen LogP contribution in [-0.4, -0.2) is 28.9 Å². The van der Waals surface area contributed by atoms with Crippen molar-refractivity contribution in [2.24, 2.45) is 0 Å². The van der Waals surface area contributed by atoms with Crippen molar-refractivity contribution in [1.29, 1.82) is 0 Å². The molecule has 4 nitrogen and oxygen atoms in total. The lowest BCUT2D eigenvalue weighted by molar-refractivity contribution is 0.0793. The maximum absolute atomic E-state index is 12.6. The van der Waals surface area contributed by atoms with Crippen molar-refractivity contribution >= 4 is 17.0 Å². The minimum atomic E-state index is -0.136. The van der Waals surface area contributed by atoms with E-state index in [4.69, 9.17) is 10.8 Å². The highest BCUT2D eigenvalue weighted by atomic mass is 16.3. The van der Waals surface area contributed by atoms with Gasteiger partial charge in [0.2, 0.25) is 0 Å². The van der Waals surface area contributed by atoms with Gasteiger partial charge in [-0.3, -0.25) is 4.79 Å². The summed E-state index contributed by atoms with van der Waals surface area (Å²) in [6.45, 7) is 4.32. The Morgan fingerprint density at radius 2 is 2.04 bits per heavy atom. The number of hydrogen-bond donors (Lipinski definition) is 0. The summed E-state index contributed by atoms with van der Waals surface area (Å²) in [7, 11) is 0. The summed E-state index contributed by atoms with van der Waals surface area (Å²) < 4.78 is 5.81. The third kappa shape index (κ3) is 4.65. The summed E-state index contributed by atoms with van der Waals surface area (Å²) in [4.78, 5) is 18.7. The monoisotopic (exact) mass is 358 g/mol. The fraction of sp³-hybridized carbons (Fsp3) is 0.217. The van der Waals surface area contributed by atoms with E-state index in [2.05, 4.69) is 29.6 Å². The Hall–Kier alpha value is -3.32. The van der Waals surface area contributed by atoms with Gasteiger partial charge in [0, 0.05) is 18.5 Å². The molecule has 27 heavy (non-hydrogen) atoms. The zero-order valence-corrected chi connectivity index (χ0v) is 15.2. The Balaban J connectivity index is 1.69. The molecule has 0 bridgehead atoms. The number of benzene rings is 2. The number of terminal acetylenes is 1. The maximum Gasteiger partial charge on any atom is 0.255 e. The molecule has 0 aliphatic carbocycles. The first-order valence-corrected chi connectivity index (χ1v) is 8.98. The van der Waals surface area contributed by atoms with Gasteiger partial charge in [0.1, 0.15) is 5.52 Å². The highest BCUT2D eigenvalue weighted by Gasteiger charge is 2.15. The predicted octanol–water partition coefficient (Wildman–Crippen LogP) is 4.26. The van der Waals surface area contributed by atoms with Gasteiger partial charge >= 0.3 is 0 Å². The van der Waals surface area contributed by atoms with Crippen LogP contribution in [-0.2, 0) is 12.8 Å². The van der Waals surface area contributed by atoms with Gasteiger partial charge in [-0.05, 0) is 36.6 Å². The van der Waals surface area contributed by atoms with Crippen LogP contribution < -0.4 is 0 Å². The average Bonchev–Trinajstić information content (AvgIpc) is 3.10. The zero-order chi connectivity index (χ0) is 19.1. The summed E-state index contributed by atoms with van der Waals surface area (Å²) in [6.07, 6.45) is 9.70. The number of hydrogen-bond acceptors (Lipinski definition) is 3. The fourth-order valence-electron chi connectivity index (χ4n) is 2.97. The molecule has 2 aromatic carbocycles. The number of rotatable bonds is 8. The first-order valence-electron chi connectivity index (χ1n) is 8.98. The third-order valence-electron chi connectivity index (χ3n) is 4.30. The topological polar surface area (TPSA) is 46.3 Å². The van der Waals surface area contributed by atoms with Crippen LogP contribution in [0.4, 0.5) is 0 Å². The van der Waals surface area contributed by atoms with Gasteiger partial charge < -0.3 is 9.32 Å². The zero-order valence-electron chi connectivity index (χ0n) is 15.2. The number of oxazole rings is 1. The minimum Gasteiger partial charge on any atom is -0.441 e. The maximum atomic E-state index is 12.6. The molecule has 0 saturated carbocycles. The number of aryl methyl sites for hydroxylation is 2. The molecule has 3 rings (SSSR count). The van der Waals surface area contributed by atoms with E-state index in [9.17, 15) is 4.79 Å². The molecule has 136 valence electrons. The molecule has 1 amide bonds. The Morgan fingerprint density at radius 3 is 2.78 bits per heavy atom. The summed E-state index contributed by atoms with van der Waals surface area (Å²) in [5.41, 5.74) is 3.23. The molecule has 0 N–H and O–H groups in total. The van der Waals surface area contributed by atoms with Crippen LogP contribution in [0.5, 0.6) is 0 Å². The van der Waals surface area contributed by atoms with Crippen molar-refractivity contribution in [3.63, 3.8) is 0 Å². The number of fused-ring (bicyclic) bond motifs is 1. The molecular weight excluding hydrogens is 336 g/mol. The smallest absolute Gasteiger partial charge is 0.255 e. The van der Waals surface area contributed by atoms with Crippen LogP contribution >= 0.6 is 0 Å². The number of carbonyl (C=O) groups excluding carboxylic acids is 1. The van der Waals surface area contributed by atoms with Crippen molar-refractivity contribution in [2.75, 3.05) is 13.1 Å². The molecule has 0 fully saturated rings. The van der Waals surface area contributed by atoms with Gasteiger partial charge in [0.15, 0.2) is 11.5 Å². The number of aromatic nitrogens is 1. The van der Waals surface area contributed by atoms with Crippen molar-refractivity contribution < 1.29 is 9.21 Å². The molecule has 1 aromatic heterocycles. The van der Waals surface area contributed by atoms with E-state index in [0.717, 1.165) is 19.3 Å². The second-order valence-electron chi connectivity index (χ2n) is 6.31. The fourth-order valence-corrected chi connectivity index (χ4v) is 2.97. The van der Waals surface area contributed by atoms with Gasteiger partial charge in [0.25, 0.3) is 5.91 Å². The lowest BCUT2D eigenvalue weighted by Crippen LogP contribution is -2.31. The van der Waals surface area contributed by atoms with Crippen molar-refractivity contribution in [1.82, 2.24) is 9.88 Å². The molecule has 0 spiro atoms. The van der Waals surface area contributed by atoms with Crippen molar-refractivity contribution in [3.8, 4) is 12.3 Å². The van der Waals surface area contributed by atoms with Crippen LogP contribution in [0.2, 0.25) is 0 Å². The third-order valence-corrected chi connectivity index (χ3v) is 4.30. The normalized spacial score (nSPS) is 10.5. The lowest BCUT2D eigenvalue weighted by Gasteiger charge is -2.18. The van der Waals surface area contributed by atoms with E-state index < -0.39 is 0 Å². The molecule has 0 saturated heterocycles. The van der Waals surface area contributed by atoms with Gasteiger partial charge in [-0.2, -0.15) is 0 Å². The van der Waals surface area contributed by atoms with E-state index in [-0.39, 0.29) is 12.5 Å². The molecule has 0 unspecified atom stereocenters. The second kappa shape index (κ2) is 8.86. The molecule has 0 aliphatic heterocycles. The highest BCUT2D eigenvalue weighted by Crippen LogP contribution is 2.20. The van der Waals surface area contributed by atoms with E-state index >= 15 is 0 Å². The van der Waals surface area contributed by atoms with Gasteiger partial charge in [0.05, 0.1) is 6.54 Å². The summed E-state index contributed by atoms with van der Waals surface area (Å²) >= 11 is 0. The molecule has 1 heterocycles. The van der Waals surface area contributed by atoms with E-state index in [0.29, 0.717) is 29.1 Å². The summed E-state index contributed by atoms with van der Waals surface area (Å²) in [5.74, 6) is 3.06. The van der Waals surface area contributed by atoms with Crippen LogP contribution in [0, 0.1) is 12.3 Å². The summed E-state index contributed by atoms with van der Waals surface area (Å²) in [5, 5.41) is 0.